The molecule has 198 valence electrons. The highest BCUT2D eigenvalue weighted by molar-refractivity contribution is 5.94. The van der Waals surface area contributed by atoms with Crippen LogP contribution in [-0.2, 0) is 28.7 Å². The van der Waals surface area contributed by atoms with Crippen molar-refractivity contribution >= 4 is 23.5 Å². The minimum absolute atomic E-state index is 0.0337. The number of ketones is 2. The number of hydrogen-bond acceptors (Lipinski definition) is 8. The van der Waals surface area contributed by atoms with Gasteiger partial charge in [-0.2, -0.15) is 0 Å². The Morgan fingerprint density at radius 3 is 2.54 bits per heavy atom. The van der Waals surface area contributed by atoms with Crippen LogP contribution < -0.4 is 0 Å². The van der Waals surface area contributed by atoms with E-state index in [0.29, 0.717) is 30.4 Å². The number of fused-ring (bicyclic) bond motifs is 7. The quantitative estimate of drug-likeness (QED) is 0.609. The van der Waals surface area contributed by atoms with Gasteiger partial charge in [0.2, 0.25) is 0 Å². The van der Waals surface area contributed by atoms with Gasteiger partial charge in [0, 0.05) is 53.1 Å². The average Bonchev–Trinajstić information content (AvgIpc) is 3.41. The van der Waals surface area contributed by atoms with Crippen LogP contribution in [0.3, 0.4) is 0 Å². The van der Waals surface area contributed by atoms with Gasteiger partial charge >= 0.3 is 11.9 Å². The first kappa shape index (κ1) is 24.6. The number of cyclic esters (lactones) is 1. The molecule has 4 aliphatic carbocycles. The van der Waals surface area contributed by atoms with Crippen LogP contribution in [0, 0.1) is 39.9 Å². The topological polar surface area (TPSA) is 120 Å². The number of carbonyl (C=O) groups is 4. The summed E-state index contributed by atoms with van der Waals surface area (Å²) in [5.74, 6) is -3.25. The van der Waals surface area contributed by atoms with E-state index in [1.165, 1.54) is 26.2 Å². The standard InChI is InChI=1S/C29H34O8/c1-14(30)10-19-27(4)12-17-22(25(27)36-15(2)31)23(33)28(19,5)18-6-8-26(3)20(29(17,18)34)11-21(32)37-24(26)16-7-9-35-13-16/h7,9,11,13,17-19,22,24-25,34H,6,8,10,12H2,1-5H3/t17-,18+,19-,22?,24-,25+,26+,27-,28+,29+/m0/s1. The van der Waals surface area contributed by atoms with Gasteiger partial charge in [0.05, 0.1) is 24.0 Å². The molecule has 1 aromatic rings. The number of aliphatic hydroxyl groups is 1. The van der Waals surface area contributed by atoms with Crippen LogP contribution in [-0.4, -0.2) is 40.3 Å². The Bertz CT molecular complexity index is 1250. The van der Waals surface area contributed by atoms with Crippen molar-refractivity contribution in [3.8, 4) is 0 Å². The molecule has 4 saturated carbocycles. The van der Waals surface area contributed by atoms with E-state index in [2.05, 4.69) is 0 Å². The van der Waals surface area contributed by atoms with Crippen LogP contribution in [0.4, 0.5) is 0 Å². The molecule has 1 aromatic heterocycles. The SMILES string of the molecule is CC(=O)C[C@H]1[C@]2(C)C[C@H]3C(C(=O)[C@]1(C)[C@H]1CC[C@]4(C)C(=CC(=O)O[C@H]4c4ccoc4)[C@]13O)[C@H]2OC(C)=O. The number of furan rings is 1. The van der Waals surface area contributed by atoms with Crippen LogP contribution in [0.15, 0.2) is 34.7 Å². The van der Waals surface area contributed by atoms with Crippen LogP contribution in [0.25, 0.3) is 0 Å². The summed E-state index contributed by atoms with van der Waals surface area (Å²) in [6, 6.07) is 1.77. The van der Waals surface area contributed by atoms with E-state index in [9.17, 15) is 24.3 Å². The molecule has 0 radical (unpaired) electrons. The maximum atomic E-state index is 14.3. The third kappa shape index (κ3) is 2.83. The highest BCUT2D eigenvalue weighted by Gasteiger charge is 2.81. The van der Waals surface area contributed by atoms with Gasteiger partial charge in [-0.1, -0.05) is 20.8 Å². The zero-order valence-electron chi connectivity index (χ0n) is 21.9. The fourth-order valence-electron chi connectivity index (χ4n) is 9.65. The average molecular weight is 511 g/mol. The van der Waals surface area contributed by atoms with Crippen LogP contribution >= 0.6 is 0 Å². The van der Waals surface area contributed by atoms with E-state index in [0.717, 1.165) is 0 Å². The molecule has 1 aliphatic heterocycles. The molecule has 10 atom stereocenters. The van der Waals surface area contributed by atoms with Crippen molar-refractivity contribution < 1.29 is 38.2 Å². The molecule has 8 nitrogen and oxygen atoms in total. The lowest BCUT2D eigenvalue weighted by Gasteiger charge is -2.65. The maximum absolute atomic E-state index is 14.3. The minimum atomic E-state index is -1.50. The molecule has 2 heterocycles. The Balaban J connectivity index is 1.57. The highest BCUT2D eigenvalue weighted by atomic mass is 16.6. The Morgan fingerprint density at radius 1 is 1.19 bits per heavy atom. The lowest BCUT2D eigenvalue weighted by Crippen LogP contribution is -2.72. The van der Waals surface area contributed by atoms with Crippen molar-refractivity contribution in [2.24, 2.45) is 39.9 Å². The Hall–Kier alpha value is -2.74. The zero-order valence-corrected chi connectivity index (χ0v) is 21.9. The van der Waals surface area contributed by atoms with E-state index in [1.54, 1.807) is 12.3 Å². The molecule has 1 unspecified atom stereocenters. The Morgan fingerprint density at radius 2 is 1.92 bits per heavy atom. The van der Waals surface area contributed by atoms with E-state index >= 15 is 0 Å². The zero-order chi connectivity index (χ0) is 26.7. The van der Waals surface area contributed by atoms with Crippen LogP contribution in [0.1, 0.15) is 72.0 Å². The molecule has 8 heteroatoms. The fourth-order valence-corrected chi connectivity index (χ4v) is 9.65. The molecule has 6 rings (SSSR count). The first-order valence-electron chi connectivity index (χ1n) is 13.2. The summed E-state index contributed by atoms with van der Waals surface area (Å²) < 4.78 is 17.0. The number of rotatable bonds is 4. The van der Waals surface area contributed by atoms with Gasteiger partial charge in [-0.15, -0.1) is 0 Å². The molecule has 4 fully saturated rings. The van der Waals surface area contributed by atoms with E-state index < -0.39 is 69.7 Å². The molecule has 1 N–H and O–H groups in total. The summed E-state index contributed by atoms with van der Waals surface area (Å²) in [7, 11) is 0. The Kier molecular flexibility index (Phi) is 4.94. The van der Waals surface area contributed by atoms with Gasteiger partial charge in [0.25, 0.3) is 0 Å². The molecule has 3 bridgehead atoms. The van der Waals surface area contributed by atoms with Crippen molar-refractivity contribution in [2.75, 3.05) is 0 Å². The number of ether oxygens (including phenoxy) is 2. The van der Waals surface area contributed by atoms with E-state index in [4.69, 9.17) is 13.9 Å². The normalized spacial score (nSPS) is 47.6. The van der Waals surface area contributed by atoms with Gasteiger partial charge in [-0.05, 0) is 43.7 Å². The molecular formula is C29H34O8. The predicted molar refractivity (Wildman–Crippen MR) is 129 cm³/mol. The summed E-state index contributed by atoms with van der Waals surface area (Å²) in [6.07, 6.45) is 4.84. The molecule has 37 heavy (non-hydrogen) atoms. The van der Waals surface area contributed by atoms with E-state index in [-0.39, 0.29) is 18.0 Å². The van der Waals surface area contributed by atoms with Crippen LogP contribution in [0.5, 0.6) is 0 Å². The molecule has 0 amide bonds. The van der Waals surface area contributed by atoms with Gasteiger partial charge in [-0.3, -0.25) is 9.59 Å². The summed E-state index contributed by atoms with van der Waals surface area (Å²) in [5.41, 5.74) is -2.60. The first-order valence-corrected chi connectivity index (χ1v) is 13.2. The maximum Gasteiger partial charge on any atom is 0.331 e. The second-order valence-electron chi connectivity index (χ2n) is 12.7. The molecule has 0 saturated heterocycles. The number of Topliss-reactive ketones (excluding diaryl/α,β-unsaturated/α-hetero) is 2. The second kappa shape index (κ2) is 7.43. The lowest BCUT2D eigenvalue weighted by atomic mass is 9.39. The Labute approximate surface area is 215 Å². The third-order valence-electron chi connectivity index (χ3n) is 10.9. The lowest BCUT2D eigenvalue weighted by molar-refractivity contribution is -0.221. The van der Waals surface area contributed by atoms with Crippen molar-refractivity contribution in [3.05, 3.63) is 35.8 Å². The monoisotopic (exact) mass is 510 g/mol. The number of esters is 2. The summed E-state index contributed by atoms with van der Waals surface area (Å²) in [5, 5.41) is 13.0. The molecule has 0 aromatic carbocycles. The van der Waals surface area contributed by atoms with Crippen molar-refractivity contribution in [2.45, 2.75) is 78.1 Å². The predicted octanol–water partition coefficient (Wildman–Crippen LogP) is 3.72. The van der Waals surface area contributed by atoms with Crippen molar-refractivity contribution in [1.82, 2.24) is 0 Å². The van der Waals surface area contributed by atoms with Gasteiger partial charge in [-0.25, -0.2) is 4.79 Å². The number of hydrogen-bond donors (Lipinski definition) is 1. The van der Waals surface area contributed by atoms with Crippen LogP contribution in [0.2, 0.25) is 0 Å². The first-order chi connectivity index (χ1) is 17.3. The van der Waals surface area contributed by atoms with Gasteiger partial charge in [0.1, 0.15) is 23.8 Å². The molecule has 5 aliphatic rings. The second-order valence-corrected chi connectivity index (χ2v) is 12.7. The highest BCUT2D eigenvalue weighted by Crippen LogP contribution is 2.77. The largest absolute Gasteiger partial charge is 0.472 e. The van der Waals surface area contributed by atoms with Crippen molar-refractivity contribution in [3.63, 3.8) is 0 Å². The smallest absolute Gasteiger partial charge is 0.331 e. The van der Waals surface area contributed by atoms with Gasteiger partial charge in [0.15, 0.2) is 0 Å². The third-order valence-corrected chi connectivity index (χ3v) is 10.9. The fraction of sp³-hybridized carbons (Fsp3) is 0.655. The van der Waals surface area contributed by atoms with E-state index in [1.807, 2.05) is 20.8 Å². The molecule has 0 spiro atoms. The minimum Gasteiger partial charge on any atom is -0.472 e. The summed E-state index contributed by atoms with van der Waals surface area (Å²) >= 11 is 0. The van der Waals surface area contributed by atoms with Gasteiger partial charge < -0.3 is 23.8 Å². The van der Waals surface area contributed by atoms with Crippen molar-refractivity contribution in [1.29, 1.82) is 0 Å². The summed E-state index contributed by atoms with van der Waals surface area (Å²) in [6.45, 7) is 8.75. The molecular weight excluding hydrogens is 476 g/mol. The number of carbonyl (C=O) groups excluding carboxylic acids is 4. The summed E-state index contributed by atoms with van der Waals surface area (Å²) in [4.78, 5) is 52.0.